The van der Waals surface area contributed by atoms with Gasteiger partial charge in [-0.05, 0) is 25.0 Å². The van der Waals surface area contributed by atoms with Gasteiger partial charge in [0.25, 0.3) is 0 Å². The van der Waals surface area contributed by atoms with Crippen molar-refractivity contribution in [3.8, 4) is 0 Å². The first kappa shape index (κ1) is 20.1. The average molecular weight is 379 g/mol. The number of rotatable bonds is 10. The van der Waals surface area contributed by atoms with Gasteiger partial charge in [0.05, 0.1) is 11.1 Å². The lowest BCUT2D eigenvalue weighted by atomic mass is 9.82. The Kier molecular flexibility index (Phi) is 6.85. The van der Waals surface area contributed by atoms with Crippen molar-refractivity contribution < 1.29 is 9.59 Å². The summed E-state index contributed by atoms with van der Waals surface area (Å²) >= 11 is 0. The second-order valence-electron chi connectivity index (χ2n) is 7.38. The van der Waals surface area contributed by atoms with Crippen molar-refractivity contribution in [2.45, 2.75) is 52.4 Å². The Bertz CT molecular complexity index is 788. The Morgan fingerprint density at radius 2 is 1.07 bits per heavy atom. The molecule has 1 aliphatic carbocycles. The number of hydrogen-bond acceptors (Lipinski definition) is 4. The van der Waals surface area contributed by atoms with Gasteiger partial charge in [-0.3, -0.25) is 9.59 Å². The van der Waals surface area contributed by atoms with Crippen molar-refractivity contribution >= 4 is 22.9 Å². The van der Waals surface area contributed by atoms with Crippen LogP contribution in [0.4, 0.5) is 11.4 Å². The number of benzene rings is 2. The normalized spacial score (nSPS) is 12.5. The largest absolute Gasteiger partial charge is 0.384 e. The van der Waals surface area contributed by atoms with E-state index in [1.54, 1.807) is 12.1 Å². The quantitative estimate of drug-likeness (QED) is 0.447. The average Bonchev–Trinajstić information content (AvgIpc) is 2.72. The van der Waals surface area contributed by atoms with Gasteiger partial charge in [-0.1, -0.05) is 63.8 Å². The van der Waals surface area contributed by atoms with Crippen molar-refractivity contribution in [2.24, 2.45) is 0 Å². The number of fused-ring (bicyclic) bond motifs is 2. The van der Waals surface area contributed by atoms with E-state index in [-0.39, 0.29) is 11.6 Å². The monoisotopic (exact) mass is 378 g/mol. The molecule has 0 aromatic heterocycles. The summed E-state index contributed by atoms with van der Waals surface area (Å²) in [6, 6.07) is 11.0. The molecule has 0 heterocycles. The van der Waals surface area contributed by atoms with Gasteiger partial charge in [-0.15, -0.1) is 0 Å². The van der Waals surface area contributed by atoms with Gasteiger partial charge in [0.2, 0.25) is 0 Å². The maximum atomic E-state index is 13.3. The number of nitrogens with one attached hydrogen (secondary N) is 2. The van der Waals surface area contributed by atoms with E-state index in [0.29, 0.717) is 22.3 Å². The minimum absolute atomic E-state index is 0.0691. The third kappa shape index (κ3) is 4.11. The summed E-state index contributed by atoms with van der Waals surface area (Å²) in [5, 5.41) is 6.78. The molecule has 148 valence electrons. The third-order valence-electron chi connectivity index (χ3n) is 5.27. The van der Waals surface area contributed by atoms with Crippen molar-refractivity contribution in [1.82, 2.24) is 0 Å². The molecule has 0 saturated heterocycles. The van der Waals surface area contributed by atoms with Crippen LogP contribution >= 0.6 is 0 Å². The first-order valence-electron chi connectivity index (χ1n) is 10.5. The minimum atomic E-state index is -0.0691. The maximum Gasteiger partial charge on any atom is 0.196 e. The molecule has 0 aliphatic heterocycles. The molecule has 4 nitrogen and oxygen atoms in total. The standard InChI is InChI=1S/C24H30N2O2/c1-3-5-9-15-25-19-13-14-20(26-16-10-6-4-2)22-21(19)23(27)17-11-7-8-12-18(17)24(22)28/h7-8,11-14,25-26H,3-6,9-10,15-16H2,1-2H3. The van der Waals surface area contributed by atoms with Crippen molar-refractivity contribution in [1.29, 1.82) is 0 Å². The molecule has 0 amide bonds. The van der Waals surface area contributed by atoms with Crippen LogP contribution in [0.5, 0.6) is 0 Å². The summed E-state index contributed by atoms with van der Waals surface area (Å²) in [6.45, 7) is 5.93. The number of carbonyl (C=O) groups is 2. The van der Waals surface area contributed by atoms with Gasteiger partial charge in [0.1, 0.15) is 0 Å². The van der Waals surface area contributed by atoms with Crippen LogP contribution in [-0.4, -0.2) is 24.7 Å². The molecule has 0 spiro atoms. The van der Waals surface area contributed by atoms with Crippen LogP contribution in [0.25, 0.3) is 0 Å². The zero-order valence-electron chi connectivity index (χ0n) is 16.9. The van der Waals surface area contributed by atoms with Gasteiger partial charge in [0.15, 0.2) is 11.6 Å². The summed E-state index contributed by atoms with van der Waals surface area (Å²) in [5.41, 5.74) is 3.55. The molecule has 2 N–H and O–H groups in total. The number of anilines is 2. The summed E-state index contributed by atoms with van der Waals surface area (Å²) in [5.74, 6) is -0.138. The molecule has 2 aromatic carbocycles. The Morgan fingerprint density at radius 1 is 0.643 bits per heavy atom. The molecule has 1 aliphatic rings. The second-order valence-corrected chi connectivity index (χ2v) is 7.38. The Hall–Kier alpha value is -2.62. The highest BCUT2D eigenvalue weighted by Crippen LogP contribution is 2.36. The van der Waals surface area contributed by atoms with E-state index in [2.05, 4.69) is 24.5 Å². The van der Waals surface area contributed by atoms with Crippen LogP contribution in [-0.2, 0) is 0 Å². The molecule has 2 aromatic rings. The topological polar surface area (TPSA) is 58.2 Å². The zero-order chi connectivity index (χ0) is 19.9. The van der Waals surface area contributed by atoms with Crippen molar-refractivity contribution in [2.75, 3.05) is 23.7 Å². The van der Waals surface area contributed by atoms with Crippen LogP contribution < -0.4 is 10.6 Å². The van der Waals surface area contributed by atoms with E-state index in [0.717, 1.165) is 63.0 Å². The molecular weight excluding hydrogens is 348 g/mol. The fraction of sp³-hybridized carbons (Fsp3) is 0.417. The van der Waals surface area contributed by atoms with Crippen LogP contribution in [0.3, 0.4) is 0 Å². The highest BCUT2D eigenvalue weighted by atomic mass is 16.1. The molecule has 0 atom stereocenters. The first-order valence-corrected chi connectivity index (χ1v) is 10.5. The van der Waals surface area contributed by atoms with Crippen molar-refractivity contribution in [3.05, 3.63) is 58.7 Å². The predicted octanol–water partition coefficient (Wildman–Crippen LogP) is 5.67. The Morgan fingerprint density at radius 3 is 1.46 bits per heavy atom. The smallest absolute Gasteiger partial charge is 0.196 e. The summed E-state index contributed by atoms with van der Waals surface area (Å²) < 4.78 is 0. The number of carbonyl (C=O) groups excluding carboxylic acids is 2. The van der Waals surface area contributed by atoms with Crippen LogP contribution in [0.15, 0.2) is 36.4 Å². The summed E-state index contributed by atoms with van der Waals surface area (Å²) in [7, 11) is 0. The molecule has 3 rings (SSSR count). The Balaban J connectivity index is 1.97. The highest BCUT2D eigenvalue weighted by molar-refractivity contribution is 6.31. The van der Waals surface area contributed by atoms with E-state index in [1.807, 2.05) is 24.3 Å². The van der Waals surface area contributed by atoms with Crippen LogP contribution in [0, 0.1) is 0 Å². The molecule has 0 fully saturated rings. The van der Waals surface area contributed by atoms with Gasteiger partial charge >= 0.3 is 0 Å². The molecule has 0 bridgehead atoms. The lowest BCUT2D eigenvalue weighted by Gasteiger charge is -2.24. The molecular formula is C24H30N2O2. The van der Waals surface area contributed by atoms with E-state index in [1.165, 1.54) is 0 Å². The number of ketones is 2. The Labute approximate surface area is 167 Å². The SMILES string of the molecule is CCCCCNc1ccc(NCCCCC)c2c1C(=O)c1ccccc1C2=O. The summed E-state index contributed by atoms with van der Waals surface area (Å²) in [6.07, 6.45) is 6.66. The predicted molar refractivity (Wildman–Crippen MR) is 116 cm³/mol. The van der Waals surface area contributed by atoms with E-state index >= 15 is 0 Å². The van der Waals surface area contributed by atoms with E-state index in [4.69, 9.17) is 0 Å². The lowest BCUT2D eigenvalue weighted by Crippen LogP contribution is -2.24. The third-order valence-corrected chi connectivity index (χ3v) is 5.27. The molecule has 0 unspecified atom stereocenters. The minimum Gasteiger partial charge on any atom is -0.384 e. The zero-order valence-corrected chi connectivity index (χ0v) is 16.9. The fourth-order valence-electron chi connectivity index (χ4n) is 3.71. The van der Waals surface area contributed by atoms with Crippen LogP contribution in [0.2, 0.25) is 0 Å². The van der Waals surface area contributed by atoms with Gasteiger partial charge in [-0.25, -0.2) is 0 Å². The summed E-state index contributed by atoms with van der Waals surface area (Å²) in [4.78, 5) is 26.5. The van der Waals surface area contributed by atoms with Gasteiger partial charge in [-0.2, -0.15) is 0 Å². The first-order chi connectivity index (χ1) is 13.7. The number of hydrogen-bond donors (Lipinski definition) is 2. The molecule has 28 heavy (non-hydrogen) atoms. The van der Waals surface area contributed by atoms with Gasteiger partial charge in [0, 0.05) is 35.6 Å². The maximum absolute atomic E-state index is 13.3. The molecule has 0 saturated carbocycles. The molecule has 4 heteroatoms. The van der Waals surface area contributed by atoms with Crippen LogP contribution in [0.1, 0.15) is 84.2 Å². The van der Waals surface area contributed by atoms with E-state index in [9.17, 15) is 9.59 Å². The lowest BCUT2D eigenvalue weighted by molar-refractivity contribution is 0.0980. The molecule has 0 radical (unpaired) electrons. The van der Waals surface area contributed by atoms with Gasteiger partial charge < -0.3 is 10.6 Å². The fourth-order valence-corrected chi connectivity index (χ4v) is 3.71. The van der Waals surface area contributed by atoms with Crippen molar-refractivity contribution in [3.63, 3.8) is 0 Å². The highest BCUT2D eigenvalue weighted by Gasteiger charge is 2.33. The second kappa shape index (κ2) is 9.54. The number of unbranched alkanes of at least 4 members (excludes halogenated alkanes) is 4. The van der Waals surface area contributed by atoms with E-state index < -0.39 is 0 Å².